The molecule has 0 aromatic heterocycles. The van der Waals surface area contributed by atoms with Crippen LogP contribution in [0.4, 0.5) is 5.69 Å². The molecule has 0 radical (unpaired) electrons. The zero-order valence-electron chi connectivity index (χ0n) is 21.3. The summed E-state index contributed by atoms with van der Waals surface area (Å²) in [5.74, 6) is 0. The van der Waals surface area contributed by atoms with Gasteiger partial charge in [0.05, 0.1) is 4.92 Å². The Morgan fingerprint density at radius 3 is 1.00 bits per heavy atom. The Morgan fingerprint density at radius 2 is 0.750 bits per heavy atom. The number of non-ortho nitro benzene ring substituents is 1. The molecule has 5 nitrogen and oxygen atoms in total. The van der Waals surface area contributed by atoms with Crippen molar-refractivity contribution in [3.8, 4) is 22.3 Å². The molecule has 5 aromatic rings. The Balaban J connectivity index is 0.000000130. The number of benzene rings is 5. The monoisotopic (exact) mass is 589 g/mol. The first-order chi connectivity index (χ1) is 19.2. The highest BCUT2D eigenvalue weighted by Gasteiger charge is 2.16. The van der Waals surface area contributed by atoms with Crippen LogP contribution in [-0.4, -0.2) is 13.3 Å². The number of hydrogen-bond acceptors (Lipinski definition) is 4. The molecule has 0 atom stereocenters. The second kappa shape index (κ2) is 13.4. The van der Waals surface area contributed by atoms with E-state index in [1.807, 2.05) is 0 Å². The molecule has 5 aromatic carbocycles. The smallest absolute Gasteiger partial charge is 0.258 e. The number of nitrogens with zero attached hydrogens (tertiary/aromatic N) is 1. The number of halogens is 2. The maximum atomic E-state index is 10.0. The van der Waals surface area contributed by atoms with E-state index in [9.17, 15) is 10.1 Å². The van der Waals surface area contributed by atoms with Crippen LogP contribution in [0, 0.1) is 10.1 Å². The van der Waals surface area contributed by atoms with Crippen molar-refractivity contribution in [3.05, 3.63) is 160 Å². The molecule has 0 heterocycles. The molecule has 202 valence electrons. The van der Waals surface area contributed by atoms with Crippen LogP contribution in [0.5, 0.6) is 0 Å². The van der Waals surface area contributed by atoms with Gasteiger partial charge in [-0.1, -0.05) is 115 Å². The van der Waals surface area contributed by atoms with E-state index in [2.05, 4.69) is 118 Å². The first kappa shape index (κ1) is 29.0. The van der Waals surface area contributed by atoms with Crippen molar-refractivity contribution in [1.29, 1.82) is 0 Å². The van der Waals surface area contributed by atoms with Crippen LogP contribution in [0.3, 0.4) is 0 Å². The standard InChI is InChI=1S/2C13H10.C6H5NO2.Cl2O2S/c2*1-3-7-12-10(5-1)9-11-6-2-4-8-13(11)12;8-7(9)6-4-2-1-3-5-6;1-5(2,3)4/h2*1-8H,9H2;1-5H;. The highest BCUT2D eigenvalue weighted by atomic mass is 36.0. The van der Waals surface area contributed by atoms with Crippen LogP contribution in [0.2, 0.25) is 0 Å². The van der Waals surface area contributed by atoms with Crippen molar-refractivity contribution in [2.45, 2.75) is 12.8 Å². The SMILES string of the molecule is O=S(=O)(Cl)Cl.O=[N+]([O-])c1ccccc1.c1ccc2c(c1)Cc1ccccc1-2.c1ccc2c(c1)Cc1ccccc1-2. The molecule has 0 saturated carbocycles. The lowest BCUT2D eigenvalue weighted by Gasteiger charge is -1.98. The summed E-state index contributed by atoms with van der Waals surface area (Å²) in [7, 11) is 4.81. The summed E-state index contributed by atoms with van der Waals surface area (Å²) in [6.07, 6.45) is 2.21. The molecular formula is C32H25Cl2NO4S. The van der Waals surface area contributed by atoms with Gasteiger partial charge in [-0.3, -0.25) is 10.1 Å². The van der Waals surface area contributed by atoms with E-state index in [4.69, 9.17) is 8.42 Å². The Labute approximate surface area is 242 Å². The van der Waals surface area contributed by atoms with Crippen LogP contribution in [-0.2, 0) is 21.1 Å². The van der Waals surface area contributed by atoms with Gasteiger partial charge in [-0.15, -0.1) is 0 Å². The van der Waals surface area contributed by atoms with E-state index in [0.29, 0.717) is 0 Å². The molecule has 0 aliphatic heterocycles. The first-order valence-corrected chi connectivity index (χ1v) is 15.5. The Hall–Kier alpha value is -3.97. The van der Waals surface area contributed by atoms with E-state index in [1.165, 1.54) is 56.6 Å². The molecule has 0 amide bonds. The van der Waals surface area contributed by atoms with E-state index in [-0.39, 0.29) is 5.69 Å². The normalized spacial score (nSPS) is 11.4. The predicted molar refractivity (Wildman–Crippen MR) is 163 cm³/mol. The second-order valence-electron chi connectivity index (χ2n) is 8.95. The number of hydrogen-bond donors (Lipinski definition) is 0. The Morgan fingerprint density at radius 1 is 0.500 bits per heavy atom. The van der Waals surface area contributed by atoms with Gasteiger partial charge in [-0.25, -0.2) is 0 Å². The second-order valence-corrected chi connectivity index (χ2v) is 12.6. The molecule has 0 N–H and O–H groups in total. The van der Waals surface area contributed by atoms with Crippen LogP contribution in [0.25, 0.3) is 22.3 Å². The van der Waals surface area contributed by atoms with Crippen molar-refractivity contribution in [1.82, 2.24) is 0 Å². The maximum absolute atomic E-state index is 10.0. The van der Waals surface area contributed by atoms with Gasteiger partial charge in [0.15, 0.2) is 0 Å². The Bertz CT molecular complexity index is 1540. The minimum Gasteiger partial charge on any atom is -0.258 e. The number of fused-ring (bicyclic) bond motifs is 6. The molecule has 0 spiro atoms. The van der Waals surface area contributed by atoms with E-state index in [1.54, 1.807) is 18.2 Å². The van der Waals surface area contributed by atoms with E-state index >= 15 is 0 Å². The molecule has 0 saturated heterocycles. The van der Waals surface area contributed by atoms with E-state index in [0.717, 1.165) is 12.8 Å². The molecule has 7 rings (SSSR count). The molecule has 0 unspecified atom stereocenters. The number of rotatable bonds is 1. The average molecular weight is 591 g/mol. The predicted octanol–water partition coefficient (Wildman–Crippen LogP) is 8.82. The molecule has 0 bridgehead atoms. The lowest BCUT2D eigenvalue weighted by Crippen LogP contribution is -1.84. The lowest BCUT2D eigenvalue weighted by molar-refractivity contribution is -0.384. The maximum Gasteiger partial charge on any atom is 0.317 e. The quantitative estimate of drug-likeness (QED) is 0.109. The van der Waals surface area contributed by atoms with Crippen LogP contribution in [0.15, 0.2) is 127 Å². The summed E-state index contributed by atoms with van der Waals surface area (Å²) >= 11 is 0. The zero-order valence-corrected chi connectivity index (χ0v) is 23.6. The third-order valence-corrected chi connectivity index (χ3v) is 6.38. The zero-order chi connectivity index (χ0) is 28.5. The molecule has 0 fully saturated rings. The number of nitro groups is 1. The largest absolute Gasteiger partial charge is 0.317 e. The summed E-state index contributed by atoms with van der Waals surface area (Å²) in [5, 5.41) is 10.0. The van der Waals surface area contributed by atoms with Gasteiger partial charge in [-0.05, 0) is 57.3 Å². The number of para-hydroxylation sites is 1. The third kappa shape index (κ3) is 8.02. The van der Waals surface area contributed by atoms with Crippen molar-refractivity contribution in [2.24, 2.45) is 0 Å². The number of nitro benzene ring substituents is 1. The van der Waals surface area contributed by atoms with Gasteiger partial charge >= 0.3 is 8.26 Å². The third-order valence-electron chi connectivity index (χ3n) is 6.38. The van der Waals surface area contributed by atoms with Gasteiger partial charge in [0.25, 0.3) is 5.69 Å². The highest BCUT2D eigenvalue weighted by Crippen LogP contribution is 2.36. The molecule has 8 heteroatoms. The minimum absolute atomic E-state index is 0.137. The van der Waals surface area contributed by atoms with Gasteiger partial charge < -0.3 is 0 Å². The fourth-order valence-electron chi connectivity index (χ4n) is 4.71. The van der Waals surface area contributed by atoms with Crippen molar-refractivity contribution >= 4 is 35.3 Å². The van der Waals surface area contributed by atoms with Gasteiger partial charge in [-0.2, -0.15) is 8.42 Å². The molecule has 40 heavy (non-hydrogen) atoms. The average Bonchev–Trinajstić information content (AvgIpc) is 3.52. The summed E-state index contributed by atoms with van der Waals surface area (Å²) in [4.78, 5) is 9.59. The highest BCUT2D eigenvalue weighted by molar-refractivity contribution is 8.31. The van der Waals surface area contributed by atoms with Gasteiger partial charge in [0.2, 0.25) is 0 Å². The summed E-state index contributed by atoms with van der Waals surface area (Å²) < 4.78 is 18.3. The minimum atomic E-state index is -3.72. The fraction of sp³-hybridized carbons (Fsp3) is 0.0625. The van der Waals surface area contributed by atoms with E-state index < -0.39 is 13.2 Å². The van der Waals surface area contributed by atoms with Crippen LogP contribution >= 0.6 is 21.4 Å². The lowest BCUT2D eigenvalue weighted by atomic mass is 10.1. The Kier molecular flexibility index (Phi) is 9.72. The molecule has 2 aliphatic carbocycles. The molecular weight excluding hydrogens is 565 g/mol. The summed E-state index contributed by atoms with van der Waals surface area (Å²) in [6, 6.07) is 42.6. The first-order valence-electron chi connectivity index (χ1n) is 12.4. The van der Waals surface area contributed by atoms with Gasteiger partial charge in [0, 0.05) is 33.5 Å². The topological polar surface area (TPSA) is 77.3 Å². The van der Waals surface area contributed by atoms with Crippen LogP contribution < -0.4 is 0 Å². The van der Waals surface area contributed by atoms with Crippen LogP contribution in [0.1, 0.15) is 22.3 Å². The van der Waals surface area contributed by atoms with Crippen molar-refractivity contribution < 1.29 is 13.3 Å². The van der Waals surface area contributed by atoms with Crippen molar-refractivity contribution in [3.63, 3.8) is 0 Å². The van der Waals surface area contributed by atoms with Crippen molar-refractivity contribution in [2.75, 3.05) is 0 Å². The van der Waals surface area contributed by atoms with Gasteiger partial charge in [0.1, 0.15) is 0 Å². The fourth-order valence-corrected chi connectivity index (χ4v) is 4.71. The summed E-state index contributed by atoms with van der Waals surface area (Å²) in [5.41, 5.74) is 11.6. The summed E-state index contributed by atoms with van der Waals surface area (Å²) in [6.45, 7) is 0. The molecule has 2 aliphatic rings.